The van der Waals surface area contributed by atoms with Crippen molar-refractivity contribution in [2.45, 2.75) is 34.1 Å². The van der Waals surface area contributed by atoms with Crippen LogP contribution in [0.25, 0.3) is 0 Å². The second-order valence-electron chi connectivity index (χ2n) is 5.18. The third kappa shape index (κ3) is 2.81. The monoisotopic (exact) mass is 224 g/mol. The van der Waals surface area contributed by atoms with E-state index in [4.69, 9.17) is 0 Å². The largest absolute Gasteiger partial charge is 0.303 e. The quantitative estimate of drug-likeness (QED) is 0.662. The van der Waals surface area contributed by atoms with E-state index in [-0.39, 0.29) is 17.7 Å². The predicted octanol–water partition coefficient (Wildman–Crippen LogP) is 3.91. The van der Waals surface area contributed by atoms with Gasteiger partial charge in [-0.2, -0.15) is 0 Å². The zero-order chi connectivity index (χ0) is 12.3. The van der Waals surface area contributed by atoms with Gasteiger partial charge < -0.3 is 4.79 Å². The Morgan fingerprint density at radius 3 is 2.44 bits per heavy atom. The van der Waals surface area contributed by atoms with E-state index in [0.29, 0.717) is 18.3 Å². The standard InChI is InChI=1S/C14H21FO/c1-9(2)13-7-11(15)8-14(10(3)4)12(13)5-6-16/h6-10,12-13H,5H2,1-4H3. The van der Waals surface area contributed by atoms with Crippen LogP contribution in [0, 0.1) is 23.7 Å². The first kappa shape index (κ1) is 13.1. The molecule has 0 spiro atoms. The van der Waals surface area contributed by atoms with Crippen molar-refractivity contribution in [2.24, 2.45) is 23.7 Å². The van der Waals surface area contributed by atoms with Gasteiger partial charge in [0.05, 0.1) is 0 Å². The molecule has 0 aromatic rings. The molecule has 0 heterocycles. The highest BCUT2D eigenvalue weighted by molar-refractivity contribution is 5.52. The molecule has 90 valence electrons. The van der Waals surface area contributed by atoms with E-state index in [2.05, 4.69) is 27.7 Å². The van der Waals surface area contributed by atoms with Crippen LogP contribution in [0.2, 0.25) is 0 Å². The van der Waals surface area contributed by atoms with Crippen molar-refractivity contribution in [1.29, 1.82) is 0 Å². The van der Waals surface area contributed by atoms with Gasteiger partial charge in [-0.25, -0.2) is 4.39 Å². The predicted molar refractivity (Wildman–Crippen MR) is 64.6 cm³/mol. The molecule has 0 aromatic heterocycles. The molecule has 0 fully saturated rings. The Morgan fingerprint density at radius 2 is 2.00 bits per heavy atom. The second-order valence-corrected chi connectivity index (χ2v) is 5.18. The molecule has 2 heteroatoms. The van der Waals surface area contributed by atoms with Crippen LogP contribution < -0.4 is 0 Å². The van der Waals surface area contributed by atoms with E-state index >= 15 is 0 Å². The zero-order valence-electron chi connectivity index (χ0n) is 10.5. The zero-order valence-corrected chi connectivity index (χ0v) is 10.5. The van der Waals surface area contributed by atoms with Crippen LogP contribution in [0.5, 0.6) is 0 Å². The molecule has 16 heavy (non-hydrogen) atoms. The first-order valence-electron chi connectivity index (χ1n) is 5.99. The van der Waals surface area contributed by atoms with Gasteiger partial charge in [-0.3, -0.25) is 0 Å². The van der Waals surface area contributed by atoms with E-state index in [9.17, 15) is 9.18 Å². The molecule has 1 nitrogen and oxygen atoms in total. The molecule has 1 aliphatic carbocycles. The minimum Gasteiger partial charge on any atom is -0.303 e. The van der Waals surface area contributed by atoms with Crippen LogP contribution in [0.1, 0.15) is 34.1 Å². The van der Waals surface area contributed by atoms with Crippen LogP contribution in [-0.4, -0.2) is 6.29 Å². The summed E-state index contributed by atoms with van der Waals surface area (Å²) in [5.41, 5.74) is 1.07. The van der Waals surface area contributed by atoms with Crippen molar-refractivity contribution in [3.8, 4) is 0 Å². The van der Waals surface area contributed by atoms with Crippen molar-refractivity contribution < 1.29 is 9.18 Å². The number of halogens is 1. The first-order valence-corrected chi connectivity index (χ1v) is 5.99. The molecule has 0 amide bonds. The van der Waals surface area contributed by atoms with Gasteiger partial charge in [-0.05, 0) is 35.8 Å². The Morgan fingerprint density at radius 1 is 1.38 bits per heavy atom. The summed E-state index contributed by atoms with van der Waals surface area (Å²) < 4.78 is 13.5. The number of carbonyl (C=O) groups is 1. The molecule has 0 bridgehead atoms. The molecule has 1 rings (SSSR count). The average Bonchev–Trinajstić information content (AvgIpc) is 2.19. The van der Waals surface area contributed by atoms with Gasteiger partial charge in [-0.1, -0.05) is 33.3 Å². The second kappa shape index (κ2) is 5.42. The molecule has 1 aliphatic rings. The summed E-state index contributed by atoms with van der Waals surface area (Å²) in [5.74, 6) is 0.831. The fraction of sp³-hybridized carbons (Fsp3) is 0.643. The fourth-order valence-electron chi connectivity index (χ4n) is 2.49. The first-order chi connectivity index (χ1) is 7.47. The van der Waals surface area contributed by atoms with Gasteiger partial charge in [0.25, 0.3) is 0 Å². The topological polar surface area (TPSA) is 17.1 Å². The highest BCUT2D eigenvalue weighted by Crippen LogP contribution is 2.39. The van der Waals surface area contributed by atoms with Crippen molar-refractivity contribution in [2.75, 3.05) is 0 Å². The maximum atomic E-state index is 13.5. The summed E-state index contributed by atoms with van der Waals surface area (Å²) in [6, 6.07) is 0. The lowest BCUT2D eigenvalue weighted by Gasteiger charge is -2.33. The van der Waals surface area contributed by atoms with E-state index in [1.165, 1.54) is 0 Å². The van der Waals surface area contributed by atoms with Crippen LogP contribution in [0.3, 0.4) is 0 Å². The summed E-state index contributed by atoms with van der Waals surface area (Å²) in [6.07, 6.45) is 4.73. The molecular formula is C14H21FO. The highest BCUT2D eigenvalue weighted by Gasteiger charge is 2.30. The molecule has 0 aliphatic heterocycles. The molecule has 0 saturated heterocycles. The van der Waals surface area contributed by atoms with Crippen LogP contribution in [0.15, 0.2) is 23.6 Å². The molecule has 2 unspecified atom stereocenters. The summed E-state index contributed by atoms with van der Waals surface area (Å²) in [6.45, 7) is 8.27. The maximum absolute atomic E-state index is 13.5. The summed E-state index contributed by atoms with van der Waals surface area (Å²) in [4.78, 5) is 10.7. The molecule has 0 radical (unpaired) electrons. The molecule has 0 aromatic carbocycles. The van der Waals surface area contributed by atoms with Crippen LogP contribution in [-0.2, 0) is 4.79 Å². The minimum atomic E-state index is -0.149. The third-order valence-electron chi connectivity index (χ3n) is 3.34. The number of aldehydes is 1. The van der Waals surface area contributed by atoms with E-state index in [1.54, 1.807) is 12.2 Å². The number of hydrogen-bond donors (Lipinski definition) is 0. The Bertz CT molecular complexity index is 313. The Kier molecular flexibility index (Phi) is 4.45. The summed E-state index contributed by atoms with van der Waals surface area (Å²) >= 11 is 0. The van der Waals surface area contributed by atoms with Crippen LogP contribution in [0.4, 0.5) is 4.39 Å². The highest BCUT2D eigenvalue weighted by atomic mass is 19.1. The molecule has 0 saturated carbocycles. The molecule has 2 atom stereocenters. The Labute approximate surface area is 97.4 Å². The summed E-state index contributed by atoms with van der Waals surface area (Å²) in [7, 11) is 0. The fourth-order valence-corrected chi connectivity index (χ4v) is 2.49. The smallest absolute Gasteiger partial charge is 0.120 e. The maximum Gasteiger partial charge on any atom is 0.120 e. The van der Waals surface area contributed by atoms with Crippen LogP contribution >= 0.6 is 0 Å². The SMILES string of the molecule is CC(C)C1=CC(F)=CC(C(C)C)C1CC=O. The minimum absolute atomic E-state index is 0.146. The number of allylic oxidation sites excluding steroid dienone is 4. The Balaban J connectivity index is 3.04. The molecule has 0 N–H and O–H groups in total. The van der Waals surface area contributed by atoms with Gasteiger partial charge in [-0.15, -0.1) is 0 Å². The van der Waals surface area contributed by atoms with E-state index < -0.39 is 0 Å². The van der Waals surface area contributed by atoms with Crippen molar-refractivity contribution in [3.63, 3.8) is 0 Å². The van der Waals surface area contributed by atoms with Gasteiger partial charge in [0.1, 0.15) is 12.1 Å². The lowest BCUT2D eigenvalue weighted by molar-refractivity contribution is -0.108. The van der Waals surface area contributed by atoms with Crippen molar-refractivity contribution >= 4 is 6.29 Å². The lowest BCUT2D eigenvalue weighted by Crippen LogP contribution is -2.25. The average molecular weight is 224 g/mol. The molecular weight excluding hydrogens is 203 g/mol. The normalized spacial score (nSPS) is 25.7. The van der Waals surface area contributed by atoms with Crippen molar-refractivity contribution in [1.82, 2.24) is 0 Å². The van der Waals surface area contributed by atoms with Gasteiger partial charge in [0.2, 0.25) is 0 Å². The Hall–Kier alpha value is -0.920. The van der Waals surface area contributed by atoms with E-state index in [1.807, 2.05) is 0 Å². The number of rotatable bonds is 4. The number of hydrogen-bond acceptors (Lipinski definition) is 1. The lowest BCUT2D eigenvalue weighted by atomic mass is 9.71. The van der Waals surface area contributed by atoms with Gasteiger partial charge in [0, 0.05) is 6.42 Å². The van der Waals surface area contributed by atoms with Gasteiger partial charge in [0.15, 0.2) is 0 Å². The van der Waals surface area contributed by atoms with Crippen molar-refractivity contribution in [3.05, 3.63) is 23.6 Å². The third-order valence-corrected chi connectivity index (χ3v) is 3.34. The van der Waals surface area contributed by atoms with Gasteiger partial charge >= 0.3 is 0 Å². The summed E-state index contributed by atoms with van der Waals surface area (Å²) in [5, 5.41) is 0. The number of carbonyl (C=O) groups excluding carboxylic acids is 1. The van der Waals surface area contributed by atoms with E-state index in [0.717, 1.165) is 11.9 Å².